The van der Waals surface area contributed by atoms with Crippen molar-refractivity contribution < 1.29 is 4.79 Å². The van der Waals surface area contributed by atoms with Gasteiger partial charge in [-0.05, 0) is 5.92 Å². The summed E-state index contributed by atoms with van der Waals surface area (Å²) >= 11 is 0. The fraction of sp³-hybridized carbons (Fsp3) is 0.778. The Balaban J connectivity index is 3.63. The number of nitrogens with one attached hydrogen (secondary N) is 1. The van der Waals surface area contributed by atoms with Crippen molar-refractivity contribution in [3.05, 3.63) is 0 Å². The molecule has 0 saturated carbocycles. The van der Waals surface area contributed by atoms with Crippen LogP contribution in [0.4, 0.5) is 0 Å². The Morgan fingerprint density at radius 1 is 1.54 bits per heavy atom. The van der Waals surface area contributed by atoms with Gasteiger partial charge >= 0.3 is 0 Å². The summed E-state index contributed by atoms with van der Waals surface area (Å²) in [6.45, 7) is 6.84. The Morgan fingerprint density at radius 2 is 2.15 bits per heavy atom. The molecule has 0 aromatic heterocycles. The minimum atomic E-state index is -0.0647. The molecule has 0 heterocycles. The molecular weight excluding hydrogens is 166 g/mol. The standard InChI is InChI=1S/C9H19N3O/c1-4-8(10)11-6-9(13)12-5-7(2)3/h7H,4-6H2,1-3H3,(H2,10,11)(H,12,13). The van der Waals surface area contributed by atoms with Crippen LogP contribution in [0.2, 0.25) is 0 Å². The summed E-state index contributed by atoms with van der Waals surface area (Å²) in [6.07, 6.45) is 0.692. The number of nitrogens with zero attached hydrogens (tertiary/aromatic N) is 1. The fourth-order valence-electron chi connectivity index (χ4n) is 0.659. The first-order valence-corrected chi connectivity index (χ1v) is 4.61. The van der Waals surface area contributed by atoms with Crippen molar-refractivity contribution >= 4 is 11.7 Å². The quantitative estimate of drug-likeness (QED) is 0.484. The van der Waals surface area contributed by atoms with E-state index in [4.69, 9.17) is 5.73 Å². The average molecular weight is 185 g/mol. The van der Waals surface area contributed by atoms with Gasteiger partial charge in [-0.3, -0.25) is 9.79 Å². The van der Waals surface area contributed by atoms with E-state index >= 15 is 0 Å². The third kappa shape index (κ3) is 7.31. The minimum Gasteiger partial charge on any atom is -0.387 e. The van der Waals surface area contributed by atoms with Gasteiger partial charge in [0.2, 0.25) is 5.91 Å². The highest BCUT2D eigenvalue weighted by Crippen LogP contribution is 1.87. The highest BCUT2D eigenvalue weighted by Gasteiger charge is 2.00. The van der Waals surface area contributed by atoms with E-state index in [9.17, 15) is 4.79 Å². The molecule has 0 fully saturated rings. The second kappa shape index (κ2) is 6.46. The summed E-state index contributed by atoms with van der Waals surface area (Å²) in [5.74, 6) is 0.932. The summed E-state index contributed by atoms with van der Waals surface area (Å²) in [4.78, 5) is 15.0. The number of amidine groups is 1. The van der Waals surface area contributed by atoms with Crippen LogP contribution < -0.4 is 11.1 Å². The van der Waals surface area contributed by atoms with Crippen molar-refractivity contribution in [2.45, 2.75) is 27.2 Å². The Labute approximate surface area is 79.6 Å². The van der Waals surface area contributed by atoms with E-state index in [1.807, 2.05) is 20.8 Å². The predicted molar refractivity (Wildman–Crippen MR) is 54.6 cm³/mol. The minimum absolute atomic E-state index is 0.0647. The van der Waals surface area contributed by atoms with Crippen LogP contribution in [-0.4, -0.2) is 24.8 Å². The summed E-state index contributed by atoms with van der Waals surface area (Å²) < 4.78 is 0. The lowest BCUT2D eigenvalue weighted by Gasteiger charge is -2.05. The second-order valence-electron chi connectivity index (χ2n) is 3.36. The molecule has 0 aromatic rings. The van der Waals surface area contributed by atoms with Gasteiger partial charge in [-0.1, -0.05) is 20.8 Å². The van der Waals surface area contributed by atoms with E-state index in [0.29, 0.717) is 24.7 Å². The van der Waals surface area contributed by atoms with Crippen molar-refractivity contribution in [1.82, 2.24) is 5.32 Å². The van der Waals surface area contributed by atoms with Crippen molar-refractivity contribution in [2.75, 3.05) is 13.1 Å². The molecule has 4 nitrogen and oxygen atoms in total. The van der Waals surface area contributed by atoms with E-state index in [1.165, 1.54) is 0 Å². The van der Waals surface area contributed by atoms with Gasteiger partial charge in [0.15, 0.2) is 0 Å². The Kier molecular flexibility index (Phi) is 5.93. The van der Waals surface area contributed by atoms with E-state index in [0.717, 1.165) is 0 Å². The maximum absolute atomic E-state index is 11.1. The van der Waals surface area contributed by atoms with Crippen molar-refractivity contribution in [2.24, 2.45) is 16.6 Å². The third-order valence-corrected chi connectivity index (χ3v) is 1.50. The molecule has 1 amide bonds. The van der Waals surface area contributed by atoms with Crippen LogP contribution in [0.15, 0.2) is 4.99 Å². The zero-order valence-electron chi connectivity index (χ0n) is 8.63. The molecule has 13 heavy (non-hydrogen) atoms. The first-order chi connectivity index (χ1) is 6.06. The van der Waals surface area contributed by atoms with Gasteiger partial charge in [-0.25, -0.2) is 0 Å². The molecule has 0 aromatic carbocycles. The lowest BCUT2D eigenvalue weighted by atomic mass is 10.2. The predicted octanol–water partition coefficient (Wildman–Crippen LogP) is 0.526. The van der Waals surface area contributed by atoms with Gasteiger partial charge in [-0.15, -0.1) is 0 Å². The first-order valence-electron chi connectivity index (χ1n) is 4.61. The lowest BCUT2D eigenvalue weighted by molar-refractivity contribution is -0.119. The summed E-state index contributed by atoms with van der Waals surface area (Å²) in [6, 6.07) is 0. The summed E-state index contributed by atoms with van der Waals surface area (Å²) in [7, 11) is 0. The van der Waals surface area contributed by atoms with Crippen LogP contribution in [0.1, 0.15) is 27.2 Å². The van der Waals surface area contributed by atoms with Gasteiger partial charge in [0, 0.05) is 13.0 Å². The molecule has 3 N–H and O–H groups in total. The van der Waals surface area contributed by atoms with E-state index in [-0.39, 0.29) is 12.5 Å². The summed E-state index contributed by atoms with van der Waals surface area (Å²) in [5.41, 5.74) is 5.45. The molecule has 0 aliphatic heterocycles. The zero-order valence-corrected chi connectivity index (χ0v) is 8.63. The molecule has 0 aliphatic rings. The van der Waals surface area contributed by atoms with E-state index in [2.05, 4.69) is 10.3 Å². The molecule has 0 atom stereocenters. The summed E-state index contributed by atoms with van der Waals surface area (Å²) in [5, 5.41) is 2.76. The molecule has 4 heteroatoms. The maximum atomic E-state index is 11.1. The number of nitrogens with two attached hydrogens (primary N) is 1. The number of hydrogen-bond acceptors (Lipinski definition) is 2. The van der Waals surface area contributed by atoms with Crippen LogP contribution in [0.3, 0.4) is 0 Å². The van der Waals surface area contributed by atoms with Gasteiger partial charge < -0.3 is 11.1 Å². The van der Waals surface area contributed by atoms with Gasteiger partial charge in [0.05, 0.1) is 5.84 Å². The van der Waals surface area contributed by atoms with Crippen LogP contribution in [0.5, 0.6) is 0 Å². The second-order valence-corrected chi connectivity index (χ2v) is 3.36. The molecule has 0 spiro atoms. The van der Waals surface area contributed by atoms with Crippen molar-refractivity contribution in [1.29, 1.82) is 0 Å². The fourth-order valence-corrected chi connectivity index (χ4v) is 0.659. The molecule has 0 unspecified atom stereocenters. The number of hydrogen-bond donors (Lipinski definition) is 2. The first kappa shape index (κ1) is 11.9. The van der Waals surface area contributed by atoms with Gasteiger partial charge in [0.25, 0.3) is 0 Å². The molecular formula is C9H19N3O. The molecule has 0 radical (unpaired) electrons. The normalized spacial score (nSPS) is 11.8. The van der Waals surface area contributed by atoms with Crippen LogP contribution in [-0.2, 0) is 4.79 Å². The molecule has 76 valence electrons. The van der Waals surface area contributed by atoms with Crippen LogP contribution in [0, 0.1) is 5.92 Å². The number of rotatable bonds is 5. The maximum Gasteiger partial charge on any atom is 0.241 e. The molecule has 0 saturated heterocycles. The zero-order chi connectivity index (χ0) is 10.3. The lowest BCUT2D eigenvalue weighted by Crippen LogP contribution is -2.30. The topological polar surface area (TPSA) is 67.5 Å². The monoisotopic (exact) mass is 185 g/mol. The molecule has 0 bridgehead atoms. The highest BCUT2D eigenvalue weighted by atomic mass is 16.1. The van der Waals surface area contributed by atoms with Gasteiger partial charge in [0.1, 0.15) is 6.54 Å². The van der Waals surface area contributed by atoms with E-state index < -0.39 is 0 Å². The Hall–Kier alpha value is -1.06. The smallest absolute Gasteiger partial charge is 0.241 e. The SMILES string of the molecule is CCC(N)=NCC(=O)NCC(C)C. The largest absolute Gasteiger partial charge is 0.387 e. The van der Waals surface area contributed by atoms with Gasteiger partial charge in [-0.2, -0.15) is 0 Å². The third-order valence-electron chi connectivity index (χ3n) is 1.50. The number of amides is 1. The van der Waals surface area contributed by atoms with Crippen molar-refractivity contribution in [3.63, 3.8) is 0 Å². The van der Waals surface area contributed by atoms with Crippen molar-refractivity contribution in [3.8, 4) is 0 Å². The number of carbonyl (C=O) groups excluding carboxylic acids is 1. The number of carbonyl (C=O) groups is 1. The number of aliphatic imine (C=N–C) groups is 1. The Morgan fingerprint density at radius 3 is 2.62 bits per heavy atom. The highest BCUT2D eigenvalue weighted by molar-refractivity contribution is 5.84. The average Bonchev–Trinajstić information content (AvgIpc) is 2.10. The van der Waals surface area contributed by atoms with E-state index in [1.54, 1.807) is 0 Å². The Bertz CT molecular complexity index is 187. The van der Waals surface area contributed by atoms with Crippen LogP contribution >= 0.6 is 0 Å². The molecule has 0 aliphatic carbocycles. The molecule has 0 rings (SSSR count). The van der Waals surface area contributed by atoms with Crippen LogP contribution in [0.25, 0.3) is 0 Å².